The van der Waals surface area contributed by atoms with Crippen LogP contribution in [0.4, 0.5) is 0 Å². The molecule has 4 N–H and O–H groups in total. The minimum Gasteiger partial charge on any atom is -0.497 e. The van der Waals surface area contributed by atoms with Crippen molar-refractivity contribution in [3.05, 3.63) is 83.4 Å². The Hall–Kier alpha value is -3.87. The molecule has 0 aromatic heterocycles. The molecule has 228 valence electrons. The Labute approximate surface area is 248 Å². The third kappa shape index (κ3) is 4.42. The fraction of sp³-hybridized carbons (Fsp3) is 0.406. The SMILES string of the molecule is COC(=O)[C@H]1[C@@H](O)[C@@]2(O)c3c(OC)cc(O[C@H]4CNC[C@H](CO)O4)cc3O[C@@]2(c2ccc(OC)cc2)[C@@H]1c1ccccc1. The molecule has 0 radical (unpaired) electrons. The Morgan fingerprint density at radius 2 is 1.74 bits per heavy atom. The minimum absolute atomic E-state index is 0.166. The van der Waals surface area contributed by atoms with Crippen molar-refractivity contribution in [2.24, 2.45) is 5.92 Å². The molecule has 0 amide bonds. The van der Waals surface area contributed by atoms with Crippen molar-refractivity contribution in [3.8, 4) is 23.0 Å². The summed E-state index contributed by atoms with van der Waals surface area (Å²) in [6.07, 6.45) is -2.80. The van der Waals surface area contributed by atoms with Gasteiger partial charge in [0, 0.05) is 24.6 Å². The maximum absolute atomic E-state index is 13.4. The van der Waals surface area contributed by atoms with Gasteiger partial charge in [0.1, 0.15) is 29.1 Å². The Kier molecular flexibility index (Phi) is 7.69. The average molecular weight is 594 g/mol. The van der Waals surface area contributed by atoms with Gasteiger partial charge in [-0.15, -0.1) is 0 Å². The number of hydrogen-bond acceptors (Lipinski definition) is 11. The molecule has 43 heavy (non-hydrogen) atoms. The van der Waals surface area contributed by atoms with Crippen molar-refractivity contribution in [1.29, 1.82) is 0 Å². The van der Waals surface area contributed by atoms with Crippen LogP contribution in [-0.4, -0.2) is 80.8 Å². The third-order valence-electron chi connectivity index (χ3n) is 8.69. The molecular formula is C32H35NO10. The molecule has 2 heterocycles. The van der Waals surface area contributed by atoms with Crippen molar-refractivity contribution < 1.29 is 48.5 Å². The Bertz CT molecular complexity index is 1470. The number of ether oxygens (including phenoxy) is 6. The summed E-state index contributed by atoms with van der Waals surface area (Å²) in [4.78, 5) is 13.4. The van der Waals surface area contributed by atoms with E-state index in [1.165, 1.54) is 14.2 Å². The quantitative estimate of drug-likeness (QED) is 0.284. The van der Waals surface area contributed by atoms with Crippen molar-refractivity contribution in [1.82, 2.24) is 5.32 Å². The largest absolute Gasteiger partial charge is 0.497 e. The number of nitrogens with one attached hydrogen (secondary N) is 1. The number of benzene rings is 3. The van der Waals surface area contributed by atoms with Crippen molar-refractivity contribution in [3.63, 3.8) is 0 Å². The van der Waals surface area contributed by atoms with E-state index in [1.54, 1.807) is 43.5 Å². The van der Waals surface area contributed by atoms with E-state index in [1.807, 2.05) is 30.3 Å². The molecule has 2 aliphatic heterocycles. The van der Waals surface area contributed by atoms with Gasteiger partial charge in [-0.1, -0.05) is 42.5 Å². The van der Waals surface area contributed by atoms with Gasteiger partial charge in [0.2, 0.25) is 6.29 Å². The standard InChI is InChI=1S/C32H35NO10/c1-38-20-11-9-19(10-12-20)32-27(18-7-5-4-6-8-18)26(30(36)40-3)29(35)31(32,37)28-23(39-2)13-21(14-24(28)43-32)41-25-16-33-15-22(17-34)42-25/h4-14,22,25-27,29,33-35,37H,15-17H2,1-3H3/t22-,25-,26-,27-,29-,31+,32+/m1/s1. The highest BCUT2D eigenvalue weighted by Gasteiger charge is 2.78. The number of aliphatic hydroxyl groups is 3. The van der Waals surface area contributed by atoms with Crippen LogP contribution in [0.15, 0.2) is 66.7 Å². The van der Waals surface area contributed by atoms with Gasteiger partial charge in [-0.05, 0) is 23.3 Å². The lowest BCUT2D eigenvalue weighted by Gasteiger charge is -2.40. The number of esters is 1. The number of methoxy groups -OCH3 is 3. The number of carbonyl (C=O) groups is 1. The molecule has 3 aliphatic rings. The van der Waals surface area contributed by atoms with Crippen LogP contribution in [0, 0.1) is 5.92 Å². The first kappa shape index (κ1) is 29.2. The molecule has 3 aromatic carbocycles. The van der Waals surface area contributed by atoms with Gasteiger partial charge in [0.25, 0.3) is 0 Å². The van der Waals surface area contributed by atoms with E-state index in [9.17, 15) is 20.1 Å². The van der Waals surface area contributed by atoms with E-state index in [4.69, 9.17) is 28.4 Å². The molecule has 3 aromatic rings. The molecule has 11 heteroatoms. The Balaban J connectivity index is 1.56. The van der Waals surface area contributed by atoms with Crippen LogP contribution in [0.2, 0.25) is 0 Å². The molecule has 1 aliphatic carbocycles. The predicted octanol–water partition coefficient (Wildman–Crippen LogP) is 1.81. The number of morpholine rings is 1. The zero-order chi connectivity index (χ0) is 30.4. The predicted molar refractivity (Wildman–Crippen MR) is 152 cm³/mol. The van der Waals surface area contributed by atoms with Crippen LogP contribution in [0.25, 0.3) is 0 Å². The van der Waals surface area contributed by atoms with E-state index in [0.717, 1.165) is 0 Å². The van der Waals surface area contributed by atoms with Gasteiger partial charge in [0.15, 0.2) is 11.2 Å². The molecule has 11 nitrogen and oxygen atoms in total. The smallest absolute Gasteiger partial charge is 0.312 e. The summed E-state index contributed by atoms with van der Waals surface area (Å²) in [6, 6.07) is 19.3. The molecular weight excluding hydrogens is 558 g/mol. The highest BCUT2D eigenvalue weighted by atomic mass is 16.7. The number of carbonyl (C=O) groups excluding carboxylic acids is 1. The van der Waals surface area contributed by atoms with Gasteiger partial charge in [-0.25, -0.2) is 0 Å². The molecule has 1 saturated heterocycles. The van der Waals surface area contributed by atoms with Crippen molar-refractivity contribution >= 4 is 5.97 Å². The maximum Gasteiger partial charge on any atom is 0.312 e. The van der Waals surface area contributed by atoms with Crippen molar-refractivity contribution in [2.75, 3.05) is 41.0 Å². The van der Waals surface area contributed by atoms with E-state index in [-0.39, 0.29) is 23.7 Å². The summed E-state index contributed by atoms with van der Waals surface area (Å²) < 4.78 is 35.1. The first-order valence-corrected chi connectivity index (χ1v) is 14.0. The molecule has 6 rings (SSSR count). The summed E-state index contributed by atoms with van der Waals surface area (Å²) in [5.41, 5.74) is -2.55. The van der Waals surface area contributed by atoms with Crippen molar-refractivity contribution in [2.45, 2.75) is 35.6 Å². The average Bonchev–Trinajstić information content (AvgIpc) is 3.42. The van der Waals surface area contributed by atoms with E-state index >= 15 is 0 Å². The summed E-state index contributed by atoms with van der Waals surface area (Å²) in [7, 11) is 4.23. The molecule has 0 bridgehead atoms. The van der Waals surface area contributed by atoms with Crippen LogP contribution in [0.1, 0.15) is 22.6 Å². The zero-order valence-electron chi connectivity index (χ0n) is 24.1. The second-order valence-corrected chi connectivity index (χ2v) is 10.9. The lowest BCUT2D eigenvalue weighted by Crippen LogP contribution is -2.52. The fourth-order valence-corrected chi connectivity index (χ4v) is 6.85. The Morgan fingerprint density at radius 3 is 2.40 bits per heavy atom. The number of fused-ring (bicyclic) bond motifs is 3. The van der Waals surface area contributed by atoms with Crippen LogP contribution in [0.3, 0.4) is 0 Å². The molecule has 2 fully saturated rings. The normalized spacial score (nSPS) is 31.0. The summed E-state index contributed by atoms with van der Waals surface area (Å²) >= 11 is 0. The zero-order valence-corrected chi connectivity index (χ0v) is 24.1. The van der Waals surface area contributed by atoms with E-state index < -0.39 is 47.5 Å². The summed E-state index contributed by atoms with van der Waals surface area (Å²) in [5, 5.41) is 37.7. The van der Waals surface area contributed by atoms with Gasteiger partial charge >= 0.3 is 5.97 Å². The number of aliphatic hydroxyl groups excluding tert-OH is 2. The first-order valence-electron chi connectivity index (χ1n) is 14.0. The van der Waals surface area contributed by atoms with Gasteiger partial charge in [-0.2, -0.15) is 0 Å². The van der Waals surface area contributed by atoms with Gasteiger partial charge < -0.3 is 49.1 Å². The monoisotopic (exact) mass is 593 g/mol. The molecule has 1 saturated carbocycles. The molecule has 7 atom stereocenters. The second-order valence-electron chi connectivity index (χ2n) is 10.9. The third-order valence-corrected chi connectivity index (χ3v) is 8.69. The topological polar surface area (TPSA) is 145 Å². The molecule has 0 unspecified atom stereocenters. The highest BCUT2D eigenvalue weighted by molar-refractivity contribution is 5.78. The van der Waals surface area contributed by atoms with Crippen LogP contribution in [0.5, 0.6) is 23.0 Å². The fourth-order valence-electron chi connectivity index (χ4n) is 6.85. The number of hydrogen-bond donors (Lipinski definition) is 4. The maximum atomic E-state index is 13.4. The van der Waals surface area contributed by atoms with Crippen LogP contribution in [-0.2, 0) is 25.5 Å². The summed E-state index contributed by atoms with van der Waals surface area (Å²) in [6.45, 7) is 0.706. The highest BCUT2D eigenvalue weighted by Crippen LogP contribution is 2.70. The second kappa shape index (κ2) is 11.3. The lowest BCUT2D eigenvalue weighted by molar-refractivity contribution is -0.161. The lowest BCUT2D eigenvalue weighted by atomic mass is 9.70. The van der Waals surface area contributed by atoms with Gasteiger partial charge in [0.05, 0.1) is 52.1 Å². The van der Waals surface area contributed by atoms with E-state index in [0.29, 0.717) is 35.7 Å². The van der Waals surface area contributed by atoms with E-state index in [2.05, 4.69) is 5.32 Å². The van der Waals surface area contributed by atoms with Crippen LogP contribution < -0.4 is 24.3 Å². The first-order chi connectivity index (χ1) is 20.8. The minimum atomic E-state index is -2.18. The summed E-state index contributed by atoms with van der Waals surface area (Å²) in [5.74, 6) is -1.50. The number of rotatable bonds is 8. The molecule has 0 spiro atoms. The van der Waals surface area contributed by atoms with Crippen LogP contribution >= 0.6 is 0 Å². The Morgan fingerprint density at radius 1 is 1.00 bits per heavy atom. The van der Waals surface area contributed by atoms with Gasteiger partial charge in [-0.3, -0.25) is 4.79 Å².